The van der Waals surface area contributed by atoms with Gasteiger partial charge in [-0.1, -0.05) is 60.7 Å². The largest absolute Gasteiger partial charge is 0.479 e. The van der Waals surface area contributed by atoms with Crippen LogP contribution in [0.3, 0.4) is 0 Å². The van der Waals surface area contributed by atoms with Gasteiger partial charge >= 0.3 is 11.9 Å². The van der Waals surface area contributed by atoms with Crippen molar-refractivity contribution >= 4 is 11.9 Å². The van der Waals surface area contributed by atoms with Gasteiger partial charge in [-0.3, -0.25) is 0 Å². The molecule has 29 heavy (non-hydrogen) atoms. The first-order chi connectivity index (χ1) is 14.1. The maximum atomic E-state index is 12.2. The van der Waals surface area contributed by atoms with E-state index in [0.717, 1.165) is 11.1 Å². The van der Waals surface area contributed by atoms with Crippen molar-refractivity contribution in [2.24, 2.45) is 0 Å². The van der Waals surface area contributed by atoms with Gasteiger partial charge in [-0.05, 0) is 48.2 Å². The van der Waals surface area contributed by atoms with E-state index in [1.807, 2.05) is 60.7 Å². The van der Waals surface area contributed by atoms with Gasteiger partial charge in [0.2, 0.25) is 0 Å². The maximum absolute atomic E-state index is 12.2. The molecule has 0 bridgehead atoms. The van der Waals surface area contributed by atoms with Gasteiger partial charge in [0, 0.05) is 0 Å². The Hall–Kier alpha value is -3.60. The summed E-state index contributed by atoms with van der Waals surface area (Å²) in [4.78, 5) is 23.7. The Bertz CT molecular complexity index is 921. The molecule has 5 nitrogen and oxygen atoms in total. The van der Waals surface area contributed by atoms with Gasteiger partial charge in [-0.2, -0.15) is 0 Å². The number of carboxylic acid groups (broad SMARTS) is 1. The molecule has 0 spiro atoms. The molecule has 0 radical (unpaired) electrons. The first-order valence-electron chi connectivity index (χ1n) is 9.36. The fraction of sp³-hybridized carbons (Fsp3) is 0.167. The lowest BCUT2D eigenvalue weighted by Gasteiger charge is -2.15. The number of hydrogen-bond acceptors (Lipinski definition) is 4. The van der Waals surface area contributed by atoms with E-state index in [1.54, 1.807) is 24.3 Å². The van der Waals surface area contributed by atoms with Gasteiger partial charge in [0.05, 0.1) is 5.56 Å². The number of carboxylic acids is 1. The van der Waals surface area contributed by atoms with Crippen molar-refractivity contribution < 1.29 is 24.2 Å². The van der Waals surface area contributed by atoms with E-state index in [1.165, 1.54) is 0 Å². The van der Waals surface area contributed by atoms with Crippen LogP contribution in [0.5, 0.6) is 5.75 Å². The summed E-state index contributed by atoms with van der Waals surface area (Å²) in [5.74, 6) is -1.07. The van der Waals surface area contributed by atoms with Crippen molar-refractivity contribution in [1.82, 2.24) is 0 Å². The standard InChI is InChI=1S/C24H22O5/c25-23(26)22(16-11-18-7-3-1-4-8-18)29-21-14-12-20(13-15-21)24(27)28-17-19-9-5-2-6-10-19/h1-10,12-15,22H,11,16-17H2,(H,25,26). The lowest BCUT2D eigenvalue weighted by atomic mass is 10.1. The van der Waals surface area contributed by atoms with E-state index in [0.29, 0.717) is 24.2 Å². The number of aliphatic carboxylic acids is 1. The lowest BCUT2D eigenvalue weighted by Crippen LogP contribution is -2.27. The zero-order chi connectivity index (χ0) is 20.5. The minimum absolute atomic E-state index is 0.193. The van der Waals surface area contributed by atoms with Gasteiger partial charge < -0.3 is 14.6 Å². The number of benzene rings is 3. The molecule has 3 aromatic carbocycles. The molecule has 3 aromatic rings. The number of hydrogen-bond donors (Lipinski definition) is 1. The van der Waals surface area contributed by atoms with Gasteiger partial charge in [-0.15, -0.1) is 0 Å². The first kappa shape index (κ1) is 20.1. The number of esters is 1. The molecule has 0 aliphatic rings. The van der Waals surface area contributed by atoms with Crippen LogP contribution in [-0.4, -0.2) is 23.1 Å². The third-order valence-electron chi connectivity index (χ3n) is 4.39. The predicted molar refractivity (Wildman–Crippen MR) is 109 cm³/mol. The number of ether oxygens (including phenoxy) is 2. The number of carbonyl (C=O) groups excluding carboxylic acids is 1. The van der Waals surface area contributed by atoms with E-state index in [9.17, 15) is 14.7 Å². The smallest absolute Gasteiger partial charge is 0.344 e. The third-order valence-corrected chi connectivity index (χ3v) is 4.39. The van der Waals surface area contributed by atoms with E-state index >= 15 is 0 Å². The van der Waals surface area contributed by atoms with Crippen molar-refractivity contribution in [1.29, 1.82) is 0 Å². The van der Waals surface area contributed by atoms with Crippen LogP contribution in [-0.2, 0) is 22.6 Å². The fourth-order valence-electron chi connectivity index (χ4n) is 2.82. The van der Waals surface area contributed by atoms with Gasteiger partial charge in [-0.25, -0.2) is 9.59 Å². The van der Waals surface area contributed by atoms with Crippen LogP contribution in [0.2, 0.25) is 0 Å². The Morgan fingerprint density at radius 2 is 1.38 bits per heavy atom. The zero-order valence-electron chi connectivity index (χ0n) is 15.9. The molecule has 5 heteroatoms. The number of aryl methyl sites for hydroxylation is 1. The highest BCUT2D eigenvalue weighted by molar-refractivity contribution is 5.89. The molecule has 1 N–H and O–H groups in total. The van der Waals surface area contributed by atoms with Crippen LogP contribution in [0.1, 0.15) is 27.9 Å². The molecule has 1 unspecified atom stereocenters. The second kappa shape index (κ2) is 10.1. The molecule has 0 aliphatic carbocycles. The van der Waals surface area contributed by atoms with Crippen molar-refractivity contribution in [3.8, 4) is 5.75 Å². The van der Waals surface area contributed by atoms with Crippen molar-refractivity contribution in [2.75, 3.05) is 0 Å². The molecule has 0 heterocycles. The van der Waals surface area contributed by atoms with Gasteiger partial charge in [0.25, 0.3) is 0 Å². The monoisotopic (exact) mass is 390 g/mol. The quantitative estimate of drug-likeness (QED) is 0.544. The van der Waals surface area contributed by atoms with E-state index in [2.05, 4.69) is 0 Å². The summed E-state index contributed by atoms with van der Waals surface area (Å²) >= 11 is 0. The average Bonchev–Trinajstić information content (AvgIpc) is 2.76. The van der Waals surface area contributed by atoms with Crippen molar-refractivity contribution in [2.45, 2.75) is 25.6 Å². The maximum Gasteiger partial charge on any atom is 0.344 e. The van der Waals surface area contributed by atoms with E-state index < -0.39 is 18.0 Å². The predicted octanol–water partition coefficient (Wildman–Crippen LogP) is 4.51. The SMILES string of the molecule is O=C(OCc1ccccc1)c1ccc(OC(CCc2ccccc2)C(=O)O)cc1. The van der Waals surface area contributed by atoms with Gasteiger partial charge in [0.15, 0.2) is 6.10 Å². The number of carbonyl (C=O) groups is 2. The van der Waals surface area contributed by atoms with Crippen LogP contribution in [0, 0.1) is 0 Å². The summed E-state index contributed by atoms with van der Waals surface area (Å²) in [7, 11) is 0. The molecule has 1 atom stereocenters. The Labute approximate surface area is 169 Å². The van der Waals surface area contributed by atoms with E-state index in [4.69, 9.17) is 9.47 Å². The van der Waals surface area contributed by atoms with Crippen LogP contribution < -0.4 is 4.74 Å². The summed E-state index contributed by atoms with van der Waals surface area (Å²) in [6.07, 6.45) is -0.0202. The molecule has 3 rings (SSSR count). The van der Waals surface area contributed by atoms with Crippen molar-refractivity contribution in [3.05, 3.63) is 102 Å². The Balaban J connectivity index is 1.55. The lowest BCUT2D eigenvalue weighted by molar-refractivity contribution is -0.145. The van der Waals surface area contributed by atoms with Crippen LogP contribution in [0.25, 0.3) is 0 Å². The van der Waals surface area contributed by atoms with Crippen molar-refractivity contribution in [3.63, 3.8) is 0 Å². The van der Waals surface area contributed by atoms with Crippen LogP contribution in [0.4, 0.5) is 0 Å². The molecule has 148 valence electrons. The van der Waals surface area contributed by atoms with Gasteiger partial charge in [0.1, 0.15) is 12.4 Å². The highest BCUT2D eigenvalue weighted by Gasteiger charge is 2.19. The second-order valence-electron chi connectivity index (χ2n) is 6.56. The third kappa shape index (κ3) is 6.21. The summed E-state index contributed by atoms with van der Waals surface area (Å²) in [5.41, 5.74) is 2.34. The molecular formula is C24H22O5. The first-order valence-corrected chi connectivity index (χ1v) is 9.36. The summed E-state index contributed by atoms with van der Waals surface area (Å²) < 4.78 is 10.9. The highest BCUT2D eigenvalue weighted by Crippen LogP contribution is 2.17. The Morgan fingerprint density at radius 1 is 0.793 bits per heavy atom. The average molecular weight is 390 g/mol. The summed E-state index contributed by atoms with van der Waals surface area (Å²) in [6, 6.07) is 25.4. The highest BCUT2D eigenvalue weighted by atomic mass is 16.5. The molecular weight excluding hydrogens is 368 g/mol. The minimum atomic E-state index is -1.02. The summed E-state index contributed by atoms with van der Waals surface area (Å²) in [6.45, 7) is 0.193. The fourth-order valence-corrected chi connectivity index (χ4v) is 2.82. The molecule has 0 aliphatic heterocycles. The molecule has 0 amide bonds. The topological polar surface area (TPSA) is 72.8 Å². The molecule has 0 saturated heterocycles. The molecule has 0 fully saturated rings. The second-order valence-corrected chi connectivity index (χ2v) is 6.56. The zero-order valence-corrected chi connectivity index (χ0v) is 15.9. The summed E-state index contributed by atoms with van der Waals surface area (Å²) in [5, 5.41) is 9.43. The molecule has 0 aromatic heterocycles. The number of rotatable bonds is 9. The Morgan fingerprint density at radius 3 is 1.97 bits per heavy atom. The van der Waals surface area contributed by atoms with E-state index in [-0.39, 0.29) is 6.61 Å². The van der Waals surface area contributed by atoms with Crippen LogP contribution >= 0.6 is 0 Å². The Kier molecular flexibility index (Phi) is 7.00. The van der Waals surface area contributed by atoms with Crippen LogP contribution in [0.15, 0.2) is 84.9 Å². The molecule has 0 saturated carbocycles. The minimum Gasteiger partial charge on any atom is -0.479 e. The normalized spacial score (nSPS) is 11.4.